The molecule has 3 N–H and O–H groups in total. The summed E-state index contributed by atoms with van der Waals surface area (Å²) in [4.78, 5) is 35.8. The number of hydrogen-bond acceptors (Lipinski definition) is 4. The Morgan fingerprint density at radius 3 is 2.07 bits per heavy atom. The van der Waals surface area contributed by atoms with Crippen molar-refractivity contribution in [1.82, 2.24) is 0 Å². The monoisotopic (exact) mass is 385 g/mol. The van der Waals surface area contributed by atoms with Gasteiger partial charge in [0.1, 0.15) is 5.69 Å². The zero-order chi connectivity index (χ0) is 20.8. The molecule has 2 rings (SSSR count). The van der Waals surface area contributed by atoms with E-state index in [2.05, 4.69) is 10.6 Å². The van der Waals surface area contributed by atoms with E-state index in [1.807, 2.05) is 38.1 Å². The fourth-order valence-electron chi connectivity index (χ4n) is 2.70. The van der Waals surface area contributed by atoms with Crippen LogP contribution in [0.1, 0.15) is 16.7 Å². The topological polar surface area (TPSA) is 106 Å². The van der Waals surface area contributed by atoms with E-state index in [4.69, 9.17) is 0 Å². The Morgan fingerprint density at radius 2 is 1.50 bits per heavy atom. The molecule has 28 heavy (non-hydrogen) atoms. The summed E-state index contributed by atoms with van der Waals surface area (Å²) in [6, 6.07) is 10.5. The van der Waals surface area contributed by atoms with Crippen LogP contribution < -0.4 is 15.5 Å². The molecule has 0 saturated heterocycles. The summed E-state index contributed by atoms with van der Waals surface area (Å²) in [5.74, 6) is -0.613. The van der Waals surface area contributed by atoms with Crippen LogP contribution in [-0.4, -0.2) is 36.9 Å². The number of nitrogens with one attached hydrogen (secondary N) is 3. The molecule has 0 bridgehead atoms. The summed E-state index contributed by atoms with van der Waals surface area (Å²) < 4.78 is 0. The van der Waals surface area contributed by atoms with Gasteiger partial charge in [0.25, 0.3) is 17.5 Å². The van der Waals surface area contributed by atoms with E-state index in [1.165, 1.54) is 6.07 Å². The molecule has 0 aliphatic heterocycles. The molecule has 1 atom stereocenters. The van der Waals surface area contributed by atoms with Crippen LogP contribution in [0.2, 0.25) is 0 Å². The molecule has 0 saturated carbocycles. The van der Waals surface area contributed by atoms with Crippen LogP contribution in [0.15, 0.2) is 36.4 Å². The third-order valence-electron chi connectivity index (χ3n) is 4.34. The second-order valence-corrected chi connectivity index (χ2v) is 6.98. The van der Waals surface area contributed by atoms with Gasteiger partial charge in [-0.05, 0) is 50.1 Å². The molecule has 0 radical (unpaired) electrons. The Kier molecular flexibility index (Phi) is 6.84. The lowest BCUT2D eigenvalue weighted by Gasteiger charge is -2.14. The number of benzene rings is 2. The predicted octanol–water partition coefficient (Wildman–Crippen LogP) is 1.61. The molecule has 0 heterocycles. The van der Waals surface area contributed by atoms with Crippen molar-refractivity contribution < 1.29 is 19.4 Å². The molecule has 8 nitrogen and oxygen atoms in total. The van der Waals surface area contributed by atoms with Gasteiger partial charge in [0, 0.05) is 11.8 Å². The molecule has 2 aromatic rings. The number of anilines is 2. The van der Waals surface area contributed by atoms with Crippen molar-refractivity contribution in [2.24, 2.45) is 0 Å². The number of quaternary nitrogens is 1. The van der Waals surface area contributed by atoms with Crippen molar-refractivity contribution in [2.75, 3.05) is 30.8 Å². The van der Waals surface area contributed by atoms with Crippen LogP contribution in [0.3, 0.4) is 0 Å². The van der Waals surface area contributed by atoms with Crippen molar-refractivity contribution in [3.63, 3.8) is 0 Å². The SMILES string of the molecule is Cc1ccc(NC(=O)C[NH+](C)CC(=O)Nc2cc(C)c(C)cc2[N+](=O)[O-])cc1. The number of carbonyl (C=O) groups excluding carboxylic acids is 2. The maximum Gasteiger partial charge on any atom is 0.293 e. The number of rotatable bonds is 7. The number of nitro groups is 1. The summed E-state index contributed by atoms with van der Waals surface area (Å²) in [6.07, 6.45) is 0. The Hall–Kier alpha value is -3.26. The van der Waals surface area contributed by atoms with Gasteiger partial charge in [-0.25, -0.2) is 0 Å². The Bertz CT molecular complexity index is 894. The van der Waals surface area contributed by atoms with Gasteiger partial charge in [0.15, 0.2) is 13.1 Å². The minimum absolute atomic E-state index is 0.00535. The van der Waals surface area contributed by atoms with Crippen LogP contribution in [0.25, 0.3) is 0 Å². The number of nitrogens with zero attached hydrogens (tertiary/aromatic N) is 1. The zero-order valence-electron chi connectivity index (χ0n) is 16.5. The third kappa shape index (κ3) is 5.88. The highest BCUT2D eigenvalue weighted by Gasteiger charge is 2.20. The largest absolute Gasteiger partial charge is 0.322 e. The molecule has 8 heteroatoms. The fourth-order valence-corrected chi connectivity index (χ4v) is 2.70. The molecule has 148 valence electrons. The highest BCUT2D eigenvalue weighted by atomic mass is 16.6. The molecule has 0 aliphatic carbocycles. The van der Waals surface area contributed by atoms with Crippen LogP contribution in [0.4, 0.5) is 17.1 Å². The second kappa shape index (κ2) is 9.09. The van der Waals surface area contributed by atoms with Crippen LogP contribution >= 0.6 is 0 Å². The lowest BCUT2D eigenvalue weighted by molar-refractivity contribution is -0.862. The minimum atomic E-state index is -0.520. The Morgan fingerprint density at radius 1 is 0.964 bits per heavy atom. The van der Waals surface area contributed by atoms with E-state index in [1.54, 1.807) is 20.0 Å². The number of aryl methyl sites for hydroxylation is 3. The van der Waals surface area contributed by atoms with Gasteiger partial charge in [-0.15, -0.1) is 0 Å². The van der Waals surface area contributed by atoms with E-state index in [-0.39, 0.29) is 30.4 Å². The average Bonchev–Trinajstić information content (AvgIpc) is 2.59. The highest BCUT2D eigenvalue weighted by Crippen LogP contribution is 2.27. The van der Waals surface area contributed by atoms with Crippen molar-refractivity contribution in [2.45, 2.75) is 20.8 Å². The van der Waals surface area contributed by atoms with Gasteiger partial charge in [0.2, 0.25) is 0 Å². The van der Waals surface area contributed by atoms with Gasteiger partial charge < -0.3 is 15.5 Å². The lowest BCUT2D eigenvalue weighted by Crippen LogP contribution is -3.11. The van der Waals surface area contributed by atoms with E-state index in [9.17, 15) is 19.7 Å². The Labute approximate surface area is 163 Å². The highest BCUT2D eigenvalue weighted by molar-refractivity contribution is 5.94. The summed E-state index contributed by atoms with van der Waals surface area (Å²) in [7, 11) is 1.71. The minimum Gasteiger partial charge on any atom is -0.322 e. The van der Waals surface area contributed by atoms with Crippen molar-refractivity contribution in [1.29, 1.82) is 0 Å². The Balaban J connectivity index is 1.93. The van der Waals surface area contributed by atoms with E-state index < -0.39 is 10.8 Å². The van der Waals surface area contributed by atoms with E-state index in [0.29, 0.717) is 10.6 Å². The first-order valence-electron chi connectivity index (χ1n) is 8.89. The molecule has 0 aliphatic rings. The smallest absolute Gasteiger partial charge is 0.293 e. The molecule has 2 aromatic carbocycles. The van der Waals surface area contributed by atoms with E-state index in [0.717, 1.165) is 16.7 Å². The number of amides is 2. The average molecular weight is 385 g/mol. The van der Waals surface area contributed by atoms with Gasteiger partial charge in [-0.3, -0.25) is 19.7 Å². The molecular weight excluding hydrogens is 360 g/mol. The fraction of sp³-hybridized carbons (Fsp3) is 0.300. The van der Waals surface area contributed by atoms with Crippen molar-refractivity contribution in [3.8, 4) is 0 Å². The van der Waals surface area contributed by atoms with Gasteiger partial charge >= 0.3 is 0 Å². The molecule has 2 amide bonds. The zero-order valence-corrected chi connectivity index (χ0v) is 16.5. The van der Waals surface area contributed by atoms with Gasteiger partial charge in [-0.2, -0.15) is 0 Å². The summed E-state index contributed by atoms with van der Waals surface area (Å²) in [6.45, 7) is 5.66. The number of carbonyl (C=O) groups is 2. The van der Waals surface area contributed by atoms with Crippen LogP contribution in [0.5, 0.6) is 0 Å². The first kappa shape index (κ1) is 21.0. The van der Waals surface area contributed by atoms with Gasteiger partial charge in [0.05, 0.1) is 12.0 Å². The molecule has 1 unspecified atom stereocenters. The number of likely N-dealkylation sites (N-methyl/N-ethyl adjacent to an activating group) is 1. The van der Waals surface area contributed by atoms with Crippen LogP contribution in [0, 0.1) is 30.9 Å². The maximum absolute atomic E-state index is 12.3. The van der Waals surface area contributed by atoms with Crippen molar-refractivity contribution in [3.05, 3.63) is 63.2 Å². The quantitative estimate of drug-likeness (QED) is 0.497. The standard InChI is InChI=1S/C20H24N4O4/c1-13-5-7-16(8-6-13)21-19(25)11-23(4)12-20(26)22-17-9-14(2)15(3)10-18(17)24(27)28/h5-10H,11-12H2,1-4H3,(H,21,25)(H,22,26)/p+1. The summed E-state index contributed by atoms with van der Waals surface area (Å²) in [5, 5.41) is 16.6. The second-order valence-electron chi connectivity index (χ2n) is 6.98. The number of hydrogen-bond donors (Lipinski definition) is 3. The van der Waals surface area contributed by atoms with Crippen LogP contribution in [-0.2, 0) is 9.59 Å². The van der Waals surface area contributed by atoms with Gasteiger partial charge in [-0.1, -0.05) is 17.7 Å². The number of nitro benzene ring substituents is 1. The summed E-state index contributed by atoms with van der Waals surface area (Å²) in [5.41, 5.74) is 3.43. The van der Waals surface area contributed by atoms with E-state index >= 15 is 0 Å². The molecule has 0 fully saturated rings. The molecule has 0 aromatic heterocycles. The predicted molar refractivity (Wildman–Crippen MR) is 108 cm³/mol. The summed E-state index contributed by atoms with van der Waals surface area (Å²) >= 11 is 0. The lowest BCUT2D eigenvalue weighted by atomic mass is 10.1. The maximum atomic E-state index is 12.3. The molecule has 0 spiro atoms. The normalized spacial score (nSPS) is 11.6. The van der Waals surface area contributed by atoms with Crippen molar-refractivity contribution >= 4 is 28.9 Å². The first-order chi connectivity index (χ1) is 13.2. The first-order valence-corrected chi connectivity index (χ1v) is 8.89. The third-order valence-corrected chi connectivity index (χ3v) is 4.34. The molecular formula is C20H25N4O4+.